The second-order valence-corrected chi connectivity index (χ2v) is 3.42. The minimum atomic E-state index is 0.328. The molecule has 0 spiro atoms. The van der Waals surface area contributed by atoms with Gasteiger partial charge in [0.05, 0.1) is 12.9 Å². The molecule has 0 amide bonds. The van der Waals surface area contributed by atoms with Gasteiger partial charge in [-0.15, -0.1) is 0 Å². The van der Waals surface area contributed by atoms with Gasteiger partial charge < -0.3 is 4.74 Å². The van der Waals surface area contributed by atoms with Gasteiger partial charge in [0.15, 0.2) is 0 Å². The largest absolute Gasteiger partial charge is 0.501 e. The summed E-state index contributed by atoms with van der Waals surface area (Å²) in [5.74, 6) is 0.645. The van der Waals surface area contributed by atoms with E-state index in [0.717, 1.165) is 6.61 Å². The summed E-state index contributed by atoms with van der Waals surface area (Å²) in [6.07, 6.45) is 3.92. The Kier molecular flexibility index (Phi) is 1.52. The van der Waals surface area contributed by atoms with E-state index < -0.39 is 0 Å². The van der Waals surface area contributed by atoms with Crippen LogP contribution >= 0.6 is 0 Å². The van der Waals surface area contributed by atoms with E-state index in [2.05, 4.69) is 26.8 Å². The Balaban J connectivity index is 2.66. The lowest BCUT2D eigenvalue weighted by molar-refractivity contribution is 0.0849. The number of ether oxygens (including phenoxy) is 1. The maximum atomic E-state index is 5.17. The van der Waals surface area contributed by atoms with E-state index in [0.29, 0.717) is 11.3 Å². The van der Waals surface area contributed by atoms with Gasteiger partial charge in [0, 0.05) is 5.41 Å². The van der Waals surface area contributed by atoms with Crippen LogP contribution in [0.5, 0.6) is 0 Å². The Morgan fingerprint density at radius 1 is 1.56 bits per heavy atom. The quantitative estimate of drug-likeness (QED) is 0.483. The van der Waals surface area contributed by atoms with Crippen molar-refractivity contribution in [1.29, 1.82) is 0 Å². The Labute approximate surface area is 56.7 Å². The molecule has 1 aliphatic heterocycles. The molecule has 0 saturated carbocycles. The molecule has 0 aromatic rings. The summed E-state index contributed by atoms with van der Waals surface area (Å²) >= 11 is 0. The van der Waals surface area contributed by atoms with Crippen molar-refractivity contribution in [3.05, 3.63) is 12.3 Å². The van der Waals surface area contributed by atoms with Crippen LogP contribution in [-0.4, -0.2) is 6.61 Å². The molecule has 9 heavy (non-hydrogen) atoms. The fourth-order valence-electron chi connectivity index (χ4n) is 0.828. The molecule has 1 rings (SSSR count). The first-order valence-electron chi connectivity index (χ1n) is 3.41. The summed E-state index contributed by atoms with van der Waals surface area (Å²) in [5, 5.41) is 0. The van der Waals surface area contributed by atoms with E-state index in [-0.39, 0.29) is 0 Å². The summed E-state index contributed by atoms with van der Waals surface area (Å²) in [6, 6.07) is 0. The highest BCUT2D eigenvalue weighted by molar-refractivity contribution is 4.93. The monoisotopic (exact) mass is 126 g/mol. The van der Waals surface area contributed by atoms with Gasteiger partial charge in [0.2, 0.25) is 0 Å². The molecule has 1 aliphatic rings. The molecule has 1 unspecified atom stereocenters. The van der Waals surface area contributed by atoms with Gasteiger partial charge >= 0.3 is 0 Å². The van der Waals surface area contributed by atoms with Crippen molar-refractivity contribution >= 4 is 0 Å². The first kappa shape index (κ1) is 6.66. The van der Waals surface area contributed by atoms with E-state index in [1.165, 1.54) is 0 Å². The van der Waals surface area contributed by atoms with Crippen molar-refractivity contribution in [2.24, 2.45) is 11.3 Å². The van der Waals surface area contributed by atoms with Crippen molar-refractivity contribution in [3.8, 4) is 0 Å². The van der Waals surface area contributed by atoms with Crippen LogP contribution in [0, 0.1) is 11.3 Å². The van der Waals surface area contributed by atoms with E-state index >= 15 is 0 Å². The molecule has 1 heterocycles. The zero-order valence-corrected chi connectivity index (χ0v) is 6.35. The molecule has 0 aliphatic carbocycles. The van der Waals surface area contributed by atoms with Crippen molar-refractivity contribution in [1.82, 2.24) is 0 Å². The molecule has 1 nitrogen and oxygen atoms in total. The summed E-state index contributed by atoms with van der Waals surface area (Å²) in [4.78, 5) is 0. The third-order valence-corrected chi connectivity index (χ3v) is 2.15. The maximum absolute atomic E-state index is 5.17. The molecule has 0 bridgehead atoms. The summed E-state index contributed by atoms with van der Waals surface area (Å²) in [6.45, 7) is 7.52. The minimum absolute atomic E-state index is 0.328. The average molecular weight is 126 g/mol. The standard InChI is InChI=1S/C8H14O/c1-7-4-5-9-6-8(7,2)3/h4-5,7H,6H2,1-3H3. The minimum Gasteiger partial charge on any atom is -0.501 e. The Hall–Kier alpha value is -0.460. The van der Waals surface area contributed by atoms with E-state index in [1.54, 1.807) is 6.26 Å². The van der Waals surface area contributed by atoms with Crippen LogP contribution in [0.4, 0.5) is 0 Å². The van der Waals surface area contributed by atoms with E-state index in [9.17, 15) is 0 Å². The first-order valence-corrected chi connectivity index (χ1v) is 3.41. The molecule has 52 valence electrons. The second-order valence-electron chi connectivity index (χ2n) is 3.42. The van der Waals surface area contributed by atoms with Crippen LogP contribution in [0.1, 0.15) is 20.8 Å². The van der Waals surface area contributed by atoms with Gasteiger partial charge in [-0.1, -0.05) is 20.8 Å². The van der Waals surface area contributed by atoms with Crippen LogP contribution in [0.2, 0.25) is 0 Å². The molecule has 0 aromatic carbocycles. The summed E-state index contributed by atoms with van der Waals surface area (Å²) in [5.41, 5.74) is 0.328. The molecule has 0 fully saturated rings. The maximum Gasteiger partial charge on any atom is 0.0929 e. The second kappa shape index (κ2) is 2.05. The van der Waals surface area contributed by atoms with Crippen LogP contribution in [0.25, 0.3) is 0 Å². The van der Waals surface area contributed by atoms with Crippen molar-refractivity contribution in [3.63, 3.8) is 0 Å². The molecule has 0 N–H and O–H groups in total. The Morgan fingerprint density at radius 2 is 2.22 bits per heavy atom. The Morgan fingerprint density at radius 3 is 2.56 bits per heavy atom. The first-order chi connectivity index (χ1) is 4.13. The molecule has 1 heteroatoms. The topological polar surface area (TPSA) is 9.23 Å². The van der Waals surface area contributed by atoms with Crippen molar-refractivity contribution in [2.45, 2.75) is 20.8 Å². The predicted molar refractivity (Wildman–Crippen MR) is 38.0 cm³/mol. The summed E-state index contributed by atoms with van der Waals surface area (Å²) < 4.78 is 5.17. The highest BCUT2D eigenvalue weighted by Gasteiger charge is 2.26. The van der Waals surface area contributed by atoms with Crippen molar-refractivity contribution in [2.75, 3.05) is 6.61 Å². The molecular weight excluding hydrogens is 112 g/mol. The van der Waals surface area contributed by atoms with Gasteiger partial charge in [-0.25, -0.2) is 0 Å². The van der Waals surface area contributed by atoms with Crippen molar-refractivity contribution < 1.29 is 4.74 Å². The van der Waals surface area contributed by atoms with Gasteiger partial charge in [0.25, 0.3) is 0 Å². The molecule has 0 radical (unpaired) electrons. The van der Waals surface area contributed by atoms with Gasteiger partial charge in [-0.05, 0) is 12.0 Å². The van der Waals surface area contributed by atoms with Gasteiger partial charge in [-0.3, -0.25) is 0 Å². The predicted octanol–water partition coefficient (Wildman–Crippen LogP) is 2.19. The lowest BCUT2D eigenvalue weighted by Crippen LogP contribution is -2.28. The van der Waals surface area contributed by atoms with Gasteiger partial charge in [0.1, 0.15) is 0 Å². The number of hydrogen-bond acceptors (Lipinski definition) is 1. The number of hydrogen-bond donors (Lipinski definition) is 0. The molecular formula is C8H14O. The normalized spacial score (nSPS) is 31.7. The third-order valence-electron chi connectivity index (χ3n) is 2.15. The molecule has 1 atom stereocenters. The van der Waals surface area contributed by atoms with Gasteiger partial charge in [-0.2, -0.15) is 0 Å². The fourth-order valence-corrected chi connectivity index (χ4v) is 0.828. The number of allylic oxidation sites excluding steroid dienone is 1. The highest BCUT2D eigenvalue weighted by atomic mass is 16.5. The van der Waals surface area contributed by atoms with Crippen LogP contribution < -0.4 is 0 Å². The third kappa shape index (κ3) is 1.26. The Bertz CT molecular complexity index is 125. The molecule has 0 saturated heterocycles. The SMILES string of the molecule is CC1C=COCC1(C)C. The number of rotatable bonds is 0. The summed E-state index contributed by atoms with van der Waals surface area (Å²) in [7, 11) is 0. The lowest BCUT2D eigenvalue weighted by Gasteiger charge is -2.31. The highest BCUT2D eigenvalue weighted by Crippen LogP contribution is 2.30. The zero-order chi connectivity index (χ0) is 6.91. The lowest BCUT2D eigenvalue weighted by atomic mass is 9.80. The van der Waals surface area contributed by atoms with E-state index in [4.69, 9.17) is 4.74 Å². The van der Waals surface area contributed by atoms with E-state index in [1.807, 2.05) is 0 Å². The smallest absolute Gasteiger partial charge is 0.0929 e. The van der Waals surface area contributed by atoms with Crippen LogP contribution in [0.3, 0.4) is 0 Å². The molecule has 0 aromatic heterocycles. The fraction of sp³-hybridized carbons (Fsp3) is 0.750. The zero-order valence-electron chi connectivity index (χ0n) is 6.35. The van der Waals surface area contributed by atoms with Crippen LogP contribution in [0.15, 0.2) is 12.3 Å². The van der Waals surface area contributed by atoms with Crippen LogP contribution in [-0.2, 0) is 4.74 Å². The average Bonchev–Trinajstić information content (AvgIpc) is 1.77.